The van der Waals surface area contributed by atoms with Gasteiger partial charge in [0.15, 0.2) is 11.5 Å². The van der Waals surface area contributed by atoms with Crippen molar-refractivity contribution >= 4 is 11.5 Å². The summed E-state index contributed by atoms with van der Waals surface area (Å²) in [5.74, 6) is 1.81. The molecule has 1 aliphatic rings. The summed E-state index contributed by atoms with van der Waals surface area (Å²) in [5, 5.41) is 13.6. The van der Waals surface area contributed by atoms with Gasteiger partial charge in [0, 0.05) is 24.7 Å². The van der Waals surface area contributed by atoms with Gasteiger partial charge in [-0.25, -0.2) is 0 Å². The molecular formula is C20H26N6. The average molecular weight is 350 g/mol. The van der Waals surface area contributed by atoms with Gasteiger partial charge in [-0.1, -0.05) is 43.2 Å². The normalized spacial score (nSPS) is 15.2. The van der Waals surface area contributed by atoms with Crippen molar-refractivity contribution in [2.45, 2.75) is 31.7 Å². The average Bonchev–Trinajstić information content (AvgIpc) is 3.32. The molecule has 2 heterocycles. The van der Waals surface area contributed by atoms with Gasteiger partial charge < -0.3 is 9.80 Å². The quantitative estimate of drug-likeness (QED) is 0.684. The van der Waals surface area contributed by atoms with Crippen LogP contribution < -0.4 is 4.90 Å². The Balaban J connectivity index is 1.71. The van der Waals surface area contributed by atoms with Crippen LogP contribution in [0, 0.1) is 0 Å². The third kappa shape index (κ3) is 3.42. The molecule has 0 aliphatic heterocycles. The molecule has 1 fully saturated rings. The van der Waals surface area contributed by atoms with E-state index >= 15 is 0 Å². The first-order valence-corrected chi connectivity index (χ1v) is 9.41. The van der Waals surface area contributed by atoms with Crippen molar-refractivity contribution in [3.63, 3.8) is 0 Å². The summed E-state index contributed by atoms with van der Waals surface area (Å²) in [6, 6.07) is 14.8. The largest absolute Gasteiger partial charge is 0.351 e. The number of hydrogen-bond donors (Lipinski definition) is 0. The maximum atomic E-state index is 4.93. The standard InChI is InChI=1S/C20H26N6/c1-24(2)14-15-25(17-10-6-7-11-17)19-13-12-18-21-22-20(26(18)23-19)16-8-4-3-5-9-16/h3-5,8-9,12-13,17H,6-7,10-11,14-15H2,1-2H3. The zero-order chi connectivity index (χ0) is 17.9. The van der Waals surface area contributed by atoms with E-state index in [-0.39, 0.29) is 0 Å². The van der Waals surface area contributed by atoms with Crippen LogP contribution in [0.1, 0.15) is 25.7 Å². The maximum Gasteiger partial charge on any atom is 0.185 e. The van der Waals surface area contributed by atoms with E-state index in [4.69, 9.17) is 5.10 Å². The van der Waals surface area contributed by atoms with Crippen molar-refractivity contribution in [1.29, 1.82) is 0 Å². The zero-order valence-electron chi connectivity index (χ0n) is 15.5. The summed E-state index contributed by atoms with van der Waals surface area (Å²) in [6.07, 6.45) is 5.13. The van der Waals surface area contributed by atoms with E-state index in [1.54, 1.807) is 0 Å². The first-order chi connectivity index (χ1) is 12.7. The molecule has 26 heavy (non-hydrogen) atoms. The molecule has 0 atom stereocenters. The minimum absolute atomic E-state index is 0.580. The molecule has 1 aromatic carbocycles. The first kappa shape index (κ1) is 17.0. The number of hydrogen-bond acceptors (Lipinski definition) is 5. The Morgan fingerprint density at radius 2 is 1.73 bits per heavy atom. The van der Waals surface area contributed by atoms with Gasteiger partial charge in [0.2, 0.25) is 0 Å². The van der Waals surface area contributed by atoms with E-state index in [9.17, 15) is 0 Å². The smallest absolute Gasteiger partial charge is 0.185 e. The lowest BCUT2D eigenvalue weighted by Gasteiger charge is -2.31. The molecule has 0 bridgehead atoms. The van der Waals surface area contributed by atoms with Crippen LogP contribution >= 0.6 is 0 Å². The Kier molecular flexibility index (Phi) is 4.84. The fourth-order valence-corrected chi connectivity index (χ4v) is 3.71. The molecule has 136 valence electrons. The molecule has 0 N–H and O–H groups in total. The Labute approximate surface area is 154 Å². The van der Waals surface area contributed by atoms with Crippen LogP contribution in [0.4, 0.5) is 5.82 Å². The fourth-order valence-electron chi connectivity index (χ4n) is 3.71. The van der Waals surface area contributed by atoms with Crippen LogP contribution in [-0.2, 0) is 0 Å². The van der Waals surface area contributed by atoms with E-state index in [0.29, 0.717) is 6.04 Å². The molecule has 0 unspecified atom stereocenters. The van der Waals surface area contributed by atoms with Gasteiger partial charge in [-0.05, 0) is 39.1 Å². The van der Waals surface area contributed by atoms with E-state index in [1.165, 1.54) is 25.7 Å². The second kappa shape index (κ2) is 7.41. The summed E-state index contributed by atoms with van der Waals surface area (Å²) in [6.45, 7) is 2.00. The van der Waals surface area contributed by atoms with Crippen molar-refractivity contribution in [3.05, 3.63) is 42.5 Å². The fraction of sp³-hybridized carbons (Fsp3) is 0.450. The molecule has 6 heteroatoms. The highest BCUT2D eigenvalue weighted by molar-refractivity contribution is 5.59. The minimum atomic E-state index is 0.580. The van der Waals surface area contributed by atoms with Crippen LogP contribution in [0.5, 0.6) is 0 Å². The number of rotatable bonds is 6. The van der Waals surface area contributed by atoms with E-state index in [2.05, 4.69) is 40.2 Å². The highest BCUT2D eigenvalue weighted by atomic mass is 15.4. The van der Waals surface area contributed by atoms with E-state index < -0.39 is 0 Å². The van der Waals surface area contributed by atoms with Crippen molar-refractivity contribution < 1.29 is 0 Å². The Morgan fingerprint density at radius 1 is 0.962 bits per heavy atom. The van der Waals surface area contributed by atoms with Crippen molar-refractivity contribution in [1.82, 2.24) is 24.7 Å². The van der Waals surface area contributed by atoms with Gasteiger partial charge in [-0.2, -0.15) is 4.52 Å². The molecule has 0 amide bonds. The van der Waals surface area contributed by atoms with Crippen LogP contribution in [0.25, 0.3) is 17.0 Å². The lowest BCUT2D eigenvalue weighted by atomic mass is 10.2. The summed E-state index contributed by atoms with van der Waals surface area (Å²) in [7, 11) is 4.24. The number of likely N-dealkylation sites (N-methyl/N-ethyl adjacent to an activating group) is 1. The molecular weight excluding hydrogens is 324 g/mol. The van der Waals surface area contributed by atoms with E-state index in [0.717, 1.165) is 35.9 Å². The van der Waals surface area contributed by atoms with Gasteiger partial charge in [0.25, 0.3) is 0 Å². The van der Waals surface area contributed by atoms with Crippen molar-refractivity contribution in [2.75, 3.05) is 32.1 Å². The number of aromatic nitrogens is 4. The van der Waals surface area contributed by atoms with E-state index in [1.807, 2.05) is 40.9 Å². The predicted octanol–water partition coefficient (Wildman–Crippen LogP) is 3.10. The highest BCUT2D eigenvalue weighted by Crippen LogP contribution is 2.27. The molecule has 4 rings (SSSR count). The first-order valence-electron chi connectivity index (χ1n) is 9.41. The molecule has 0 saturated heterocycles. The Morgan fingerprint density at radius 3 is 2.46 bits per heavy atom. The molecule has 0 spiro atoms. The van der Waals surface area contributed by atoms with Gasteiger partial charge >= 0.3 is 0 Å². The minimum Gasteiger partial charge on any atom is -0.351 e. The van der Waals surface area contributed by atoms with Gasteiger partial charge in [0.05, 0.1) is 0 Å². The van der Waals surface area contributed by atoms with Crippen molar-refractivity contribution in [3.8, 4) is 11.4 Å². The second-order valence-corrected chi connectivity index (χ2v) is 7.29. The lowest BCUT2D eigenvalue weighted by Crippen LogP contribution is -2.39. The third-order valence-corrected chi connectivity index (χ3v) is 5.13. The summed E-state index contributed by atoms with van der Waals surface area (Å²) >= 11 is 0. The molecule has 1 aliphatic carbocycles. The van der Waals surface area contributed by atoms with Crippen LogP contribution in [-0.4, -0.2) is 57.9 Å². The molecule has 3 aromatic rings. The lowest BCUT2D eigenvalue weighted by molar-refractivity contribution is 0.403. The van der Waals surface area contributed by atoms with Gasteiger partial charge in [-0.15, -0.1) is 15.3 Å². The molecule has 0 radical (unpaired) electrons. The van der Waals surface area contributed by atoms with Crippen LogP contribution in [0.15, 0.2) is 42.5 Å². The number of nitrogens with zero attached hydrogens (tertiary/aromatic N) is 6. The Bertz CT molecular complexity index is 851. The Hall–Kier alpha value is -2.47. The topological polar surface area (TPSA) is 49.6 Å². The molecule has 1 saturated carbocycles. The SMILES string of the molecule is CN(C)CCN(c1ccc2nnc(-c3ccccc3)n2n1)C1CCCC1. The molecule has 2 aromatic heterocycles. The summed E-state index contributed by atoms with van der Waals surface area (Å²) in [5.41, 5.74) is 1.82. The van der Waals surface area contributed by atoms with Gasteiger partial charge in [-0.3, -0.25) is 0 Å². The molecule has 6 nitrogen and oxygen atoms in total. The maximum absolute atomic E-state index is 4.93. The zero-order valence-corrected chi connectivity index (χ0v) is 15.5. The predicted molar refractivity (Wildman–Crippen MR) is 104 cm³/mol. The number of fused-ring (bicyclic) bond motifs is 1. The highest BCUT2D eigenvalue weighted by Gasteiger charge is 2.24. The van der Waals surface area contributed by atoms with Crippen molar-refractivity contribution in [2.24, 2.45) is 0 Å². The third-order valence-electron chi connectivity index (χ3n) is 5.13. The second-order valence-electron chi connectivity index (χ2n) is 7.29. The van der Waals surface area contributed by atoms with Crippen LogP contribution in [0.3, 0.4) is 0 Å². The monoisotopic (exact) mass is 350 g/mol. The summed E-state index contributed by atoms with van der Waals surface area (Å²) in [4.78, 5) is 4.70. The van der Waals surface area contributed by atoms with Gasteiger partial charge in [0.1, 0.15) is 5.82 Å². The number of anilines is 1. The summed E-state index contributed by atoms with van der Waals surface area (Å²) < 4.78 is 1.88. The van der Waals surface area contributed by atoms with Crippen LogP contribution in [0.2, 0.25) is 0 Å². The number of benzene rings is 1.